The van der Waals surface area contributed by atoms with Crippen LogP contribution < -0.4 is 14.4 Å². The Bertz CT molecular complexity index is 1540. The van der Waals surface area contributed by atoms with E-state index in [0.29, 0.717) is 87.4 Å². The second kappa shape index (κ2) is 15.0. The molecule has 6 rings (SSSR count). The Morgan fingerprint density at radius 1 is 0.938 bits per heavy atom. The lowest BCUT2D eigenvalue weighted by atomic mass is 9.97. The molecule has 0 spiro atoms. The number of cyclic esters (lactones) is 1. The molecule has 4 aliphatic rings. The quantitative estimate of drug-likeness (QED) is 0.333. The van der Waals surface area contributed by atoms with E-state index in [2.05, 4.69) is 18.7 Å². The van der Waals surface area contributed by atoms with Gasteiger partial charge in [-0.05, 0) is 83.5 Å². The summed E-state index contributed by atoms with van der Waals surface area (Å²) in [7, 11) is -1.78. The Hall–Kier alpha value is -3.35. The molecule has 2 amide bonds. The molecule has 11 nitrogen and oxygen atoms in total. The van der Waals surface area contributed by atoms with Gasteiger partial charge in [-0.1, -0.05) is 24.6 Å². The van der Waals surface area contributed by atoms with Crippen LogP contribution in [0.25, 0.3) is 0 Å². The molecule has 3 fully saturated rings. The first kappa shape index (κ1) is 34.5. The second-order valence-corrected chi connectivity index (χ2v) is 15.8. The molecular formula is C36H50N4O7S. The number of likely N-dealkylation sites (tertiary alicyclic amines) is 2. The van der Waals surface area contributed by atoms with Crippen LogP contribution >= 0.6 is 0 Å². The molecule has 0 radical (unpaired) electrons. The van der Waals surface area contributed by atoms with Gasteiger partial charge in [-0.25, -0.2) is 17.5 Å². The van der Waals surface area contributed by atoms with Crippen molar-refractivity contribution in [2.24, 2.45) is 0 Å². The van der Waals surface area contributed by atoms with E-state index in [1.165, 1.54) is 26.4 Å². The molecular weight excluding hydrogens is 632 g/mol. The zero-order valence-electron chi connectivity index (χ0n) is 28.5. The number of piperidine rings is 3. The fourth-order valence-corrected chi connectivity index (χ4v) is 9.35. The molecule has 0 aliphatic carbocycles. The molecule has 0 unspecified atom stereocenters. The zero-order valence-corrected chi connectivity index (χ0v) is 29.3. The van der Waals surface area contributed by atoms with E-state index in [4.69, 9.17) is 14.2 Å². The van der Waals surface area contributed by atoms with Gasteiger partial charge >= 0.3 is 6.09 Å². The van der Waals surface area contributed by atoms with E-state index >= 15 is 0 Å². The van der Waals surface area contributed by atoms with Gasteiger partial charge in [0, 0.05) is 55.9 Å². The van der Waals surface area contributed by atoms with Gasteiger partial charge in [0.25, 0.3) is 5.91 Å². The molecule has 0 bridgehead atoms. The van der Waals surface area contributed by atoms with E-state index in [9.17, 15) is 18.0 Å². The summed E-state index contributed by atoms with van der Waals surface area (Å²) in [5.74, 6) is 1.08. The Kier molecular flexibility index (Phi) is 10.8. The predicted molar refractivity (Wildman–Crippen MR) is 184 cm³/mol. The van der Waals surface area contributed by atoms with Crippen LogP contribution in [0, 0.1) is 0 Å². The molecule has 0 aromatic heterocycles. The van der Waals surface area contributed by atoms with E-state index < -0.39 is 10.0 Å². The van der Waals surface area contributed by atoms with Gasteiger partial charge in [-0.15, -0.1) is 0 Å². The summed E-state index contributed by atoms with van der Waals surface area (Å²) in [6.07, 6.45) is 6.30. The first-order valence-electron chi connectivity index (χ1n) is 17.6. The maximum atomic E-state index is 13.6. The number of nitrogens with zero attached hydrogens (tertiary/aromatic N) is 4. The third-order valence-electron chi connectivity index (χ3n) is 10.6. The zero-order chi connectivity index (χ0) is 33.8. The number of rotatable bonds is 10. The van der Waals surface area contributed by atoms with Gasteiger partial charge in [0.2, 0.25) is 10.0 Å². The third kappa shape index (κ3) is 7.60. The van der Waals surface area contributed by atoms with Crippen molar-refractivity contribution in [2.75, 3.05) is 50.5 Å². The van der Waals surface area contributed by atoms with Crippen LogP contribution in [0.2, 0.25) is 0 Å². The number of methoxy groups -OCH3 is 1. The highest BCUT2D eigenvalue weighted by Gasteiger charge is 2.36. The van der Waals surface area contributed by atoms with Crippen molar-refractivity contribution in [1.29, 1.82) is 0 Å². The average Bonchev–Trinajstić information content (AvgIpc) is 3.09. The average molecular weight is 683 g/mol. The summed E-state index contributed by atoms with van der Waals surface area (Å²) in [6, 6.07) is 14.0. The smallest absolute Gasteiger partial charge is 0.414 e. The van der Waals surface area contributed by atoms with Crippen LogP contribution in [0.5, 0.6) is 11.5 Å². The summed E-state index contributed by atoms with van der Waals surface area (Å²) in [4.78, 5) is 32.3. The Labute approximate surface area is 285 Å². The van der Waals surface area contributed by atoms with Gasteiger partial charge in [0.1, 0.15) is 24.2 Å². The third-order valence-corrected chi connectivity index (χ3v) is 12.6. The van der Waals surface area contributed by atoms with Crippen LogP contribution in [0.3, 0.4) is 0 Å². The van der Waals surface area contributed by atoms with Crippen molar-refractivity contribution in [2.45, 2.75) is 96.1 Å². The Balaban J connectivity index is 0.987. The highest BCUT2D eigenvalue weighted by Crippen LogP contribution is 2.33. The van der Waals surface area contributed by atoms with Crippen LogP contribution in [-0.2, 0) is 21.4 Å². The van der Waals surface area contributed by atoms with Gasteiger partial charge < -0.3 is 19.1 Å². The predicted octanol–water partition coefficient (Wildman–Crippen LogP) is 5.28. The minimum atomic E-state index is -3.31. The number of carbonyl (C=O) groups is 2. The monoisotopic (exact) mass is 682 g/mol. The Morgan fingerprint density at radius 3 is 2.35 bits per heavy atom. The SMILES string of the molecule is COc1cc(OC2CCN(S(=O)(=O)CCCN3[C@H](C)CCC[C@@H]3C)CC2)ccc1C(=O)N1CCC(N2C(=O)OCc3ccccc32)CC1. The van der Waals surface area contributed by atoms with Crippen LogP contribution in [0.1, 0.15) is 81.1 Å². The van der Waals surface area contributed by atoms with Gasteiger partial charge in [0.05, 0.1) is 24.1 Å². The molecule has 3 saturated heterocycles. The molecule has 48 heavy (non-hydrogen) atoms. The maximum absolute atomic E-state index is 13.6. The fraction of sp³-hybridized carbons (Fsp3) is 0.611. The number of carbonyl (C=O) groups excluding carboxylic acids is 2. The highest BCUT2D eigenvalue weighted by atomic mass is 32.2. The molecule has 0 saturated carbocycles. The van der Waals surface area contributed by atoms with E-state index in [0.717, 1.165) is 17.8 Å². The van der Waals surface area contributed by atoms with Crippen LogP contribution in [-0.4, -0.2) is 104 Å². The second-order valence-electron chi connectivity index (χ2n) is 13.7. The summed E-state index contributed by atoms with van der Waals surface area (Å²) in [6.45, 7) is 7.49. The minimum Gasteiger partial charge on any atom is -0.496 e. The fourth-order valence-electron chi connectivity index (χ4n) is 7.83. The van der Waals surface area contributed by atoms with Crippen molar-refractivity contribution in [3.63, 3.8) is 0 Å². The molecule has 12 heteroatoms. The number of sulfonamides is 1. The first-order valence-corrected chi connectivity index (χ1v) is 19.2. The number of hydrogen-bond acceptors (Lipinski definition) is 8. The lowest BCUT2D eigenvalue weighted by Gasteiger charge is -2.40. The normalized spacial score (nSPS) is 23.4. The van der Waals surface area contributed by atoms with E-state index in [1.54, 1.807) is 32.3 Å². The number of amides is 2. The van der Waals surface area contributed by atoms with E-state index in [-0.39, 0.29) is 36.5 Å². The van der Waals surface area contributed by atoms with Crippen LogP contribution in [0.15, 0.2) is 42.5 Å². The van der Waals surface area contributed by atoms with Crippen molar-refractivity contribution >= 4 is 27.7 Å². The largest absolute Gasteiger partial charge is 0.496 e. The van der Waals surface area contributed by atoms with Crippen molar-refractivity contribution in [3.05, 3.63) is 53.6 Å². The highest BCUT2D eigenvalue weighted by molar-refractivity contribution is 7.89. The summed E-state index contributed by atoms with van der Waals surface area (Å²) in [5, 5.41) is 0. The van der Waals surface area contributed by atoms with Crippen molar-refractivity contribution in [3.8, 4) is 11.5 Å². The van der Waals surface area contributed by atoms with Crippen molar-refractivity contribution in [1.82, 2.24) is 14.1 Å². The van der Waals surface area contributed by atoms with E-state index in [1.807, 2.05) is 24.3 Å². The number of ether oxygens (including phenoxy) is 3. The molecule has 262 valence electrons. The Morgan fingerprint density at radius 2 is 1.65 bits per heavy atom. The van der Waals surface area contributed by atoms with Crippen LogP contribution in [0.4, 0.5) is 10.5 Å². The summed E-state index contributed by atoms with van der Waals surface area (Å²) >= 11 is 0. The maximum Gasteiger partial charge on any atom is 0.414 e. The number of anilines is 1. The minimum absolute atomic E-state index is 0.0470. The topological polar surface area (TPSA) is 109 Å². The summed E-state index contributed by atoms with van der Waals surface area (Å²) < 4.78 is 45.2. The number of hydrogen-bond donors (Lipinski definition) is 0. The lowest BCUT2D eigenvalue weighted by molar-refractivity contribution is 0.0705. The molecule has 4 heterocycles. The van der Waals surface area contributed by atoms with Gasteiger partial charge in [0.15, 0.2) is 0 Å². The number of fused-ring (bicyclic) bond motifs is 1. The molecule has 2 atom stereocenters. The number of para-hydroxylation sites is 1. The molecule has 2 aromatic carbocycles. The first-order chi connectivity index (χ1) is 23.1. The lowest BCUT2D eigenvalue weighted by Crippen LogP contribution is -2.50. The van der Waals surface area contributed by atoms with Gasteiger partial charge in [-0.3, -0.25) is 14.6 Å². The standard InChI is InChI=1S/C36H50N4O7S/c1-26-8-6-9-27(2)39(26)18-7-23-48(43,44)38-21-16-30(17-22-38)47-31-12-13-32(34(24-31)45-3)35(41)37-19-14-29(15-20-37)40-33-11-5-4-10-28(33)25-46-36(40)42/h4-5,10-13,24,26-27,29-30H,6-9,14-23,25H2,1-3H3/t26-,27+. The molecule has 4 aliphatic heterocycles. The van der Waals surface area contributed by atoms with Crippen molar-refractivity contribution < 1.29 is 32.2 Å². The number of benzene rings is 2. The molecule has 0 N–H and O–H groups in total. The molecule has 2 aromatic rings. The summed E-state index contributed by atoms with van der Waals surface area (Å²) in [5.41, 5.74) is 2.33. The van der Waals surface area contributed by atoms with Gasteiger partial charge in [-0.2, -0.15) is 0 Å².